The number of halogens is 2. The third kappa shape index (κ3) is 5.46. The zero-order valence-corrected chi connectivity index (χ0v) is 19.8. The highest BCUT2D eigenvalue weighted by Crippen LogP contribution is 2.44. The minimum atomic E-state index is -0.350. The Morgan fingerprint density at radius 2 is 1.44 bits per heavy atom. The number of carbonyl (C=O) groups is 1. The van der Waals surface area contributed by atoms with Gasteiger partial charge in [-0.05, 0) is 78.2 Å². The molecule has 0 aromatic heterocycles. The SMILES string of the molecule is O=C(CC[C@@H]1CN(c2ccc(F)cc2)[C@@H]1c1ccc(OCc2ccccc2)cc1)c1ccc(F)cc1. The Kier molecular flexibility index (Phi) is 7.08. The molecule has 1 saturated heterocycles. The minimum Gasteiger partial charge on any atom is -0.489 e. The lowest BCUT2D eigenvalue weighted by molar-refractivity contribution is 0.0965. The Morgan fingerprint density at radius 3 is 2.11 bits per heavy atom. The van der Waals surface area contributed by atoms with Gasteiger partial charge in [-0.25, -0.2) is 8.78 Å². The molecule has 5 heteroatoms. The van der Waals surface area contributed by atoms with Gasteiger partial charge in [-0.2, -0.15) is 0 Å². The van der Waals surface area contributed by atoms with Crippen LogP contribution in [0.25, 0.3) is 0 Å². The Morgan fingerprint density at radius 1 is 0.806 bits per heavy atom. The van der Waals surface area contributed by atoms with E-state index in [0.717, 1.165) is 29.1 Å². The van der Waals surface area contributed by atoms with E-state index in [1.807, 2.05) is 42.5 Å². The van der Waals surface area contributed by atoms with Gasteiger partial charge in [0.25, 0.3) is 0 Å². The van der Waals surface area contributed by atoms with Gasteiger partial charge in [0.05, 0.1) is 6.04 Å². The highest BCUT2D eigenvalue weighted by atomic mass is 19.1. The smallest absolute Gasteiger partial charge is 0.162 e. The quantitative estimate of drug-likeness (QED) is 0.233. The number of anilines is 1. The van der Waals surface area contributed by atoms with E-state index in [1.54, 1.807) is 12.1 Å². The van der Waals surface area contributed by atoms with Crippen LogP contribution < -0.4 is 9.64 Å². The van der Waals surface area contributed by atoms with Crippen LogP contribution >= 0.6 is 0 Å². The maximum Gasteiger partial charge on any atom is 0.162 e. The molecule has 1 aliphatic heterocycles. The minimum absolute atomic E-state index is 0.0126. The molecule has 0 N–H and O–H groups in total. The van der Waals surface area contributed by atoms with Crippen LogP contribution in [-0.2, 0) is 6.61 Å². The fourth-order valence-corrected chi connectivity index (χ4v) is 4.78. The van der Waals surface area contributed by atoms with Gasteiger partial charge in [0, 0.05) is 30.1 Å². The maximum atomic E-state index is 13.5. The molecular formula is C31H27F2NO2. The van der Waals surface area contributed by atoms with E-state index in [-0.39, 0.29) is 29.4 Å². The van der Waals surface area contributed by atoms with Gasteiger partial charge in [-0.15, -0.1) is 0 Å². The summed E-state index contributed by atoms with van der Waals surface area (Å²) in [6.07, 6.45) is 1.10. The summed E-state index contributed by atoms with van der Waals surface area (Å²) in [6.45, 7) is 1.28. The molecule has 1 heterocycles. The van der Waals surface area contributed by atoms with Crippen molar-refractivity contribution in [2.45, 2.75) is 25.5 Å². The maximum absolute atomic E-state index is 13.5. The number of Topliss-reactive ketones (excluding diaryl/α,β-unsaturated/α-hetero) is 1. The van der Waals surface area contributed by atoms with Crippen LogP contribution in [0.15, 0.2) is 103 Å². The van der Waals surface area contributed by atoms with Crippen molar-refractivity contribution in [1.82, 2.24) is 0 Å². The fourth-order valence-electron chi connectivity index (χ4n) is 4.78. The molecule has 182 valence electrons. The molecule has 0 saturated carbocycles. The summed E-state index contributed by atoms with van der Waals surface area (Å²) in [7, 11) is 0. The first-order chi connectivity index (χ1) is 17.6. The highest BCUT2D eigenvalue weighted by Gasteiger charge is 2.40. The first kappa shape index (κ1) is 23.7. The van der Waals surface area contributed by atoms with Crippen molar-refractivity contribution in [2.75, 3.05) is 11.4 Å². The Hall–Kier alpha value is -3.99. The summed E-state index contributed by atoms with van der Waals surface area (Å²) in [5, 5.41) is 0. The zero-order valence-electron chi connectivity index (χ0n) is 19.8. The molecule has 36 heavy (non-hydrogen) atoms. The van der Waals surface area contributed by atoms with Crippen LogP contribution in [0.5, 0.6) is 5.75 Å². The summed E-state index contributed by atoms with van der Waals surface area (Å²) < 4.78 is 32.7. The van der Waals surface area contributed by atoms with Crippen LogP contribution in [0, 0.1) is 17.6 Å². The standard InChI is InChI=1S/C31H27F2NO2/c32-26-11-6-23(7-12-26)30(35)19-10-25-20-34(28-15-13-27(33)14-16-28)31(25)24-8-17-29(18-9-24)36-21-22-4-2-1-3-5-22/h1-9,11-18,25,31H,10,19-21H2/t25-,31-/m1/s1. The van der Waals surface area contributed by atoms with E-state index in [0.29, 0.717) is 25.0 Å². The predicted molar refractivity (Wildman–Crippen MR) is 137 cm³/mol. The van der Waals surface area contributed by atoms with Crippen molar-refractivity contribution in [3.63, 3.8) is 0 Å². The second kappa shape index (κ2) is 10.7. The highest BCUT2D eigenvalue weighted by molar-refractivity contribution is 5.96. The average molecular weight is 484 g/mol. The number of hydrogen-bond acceptors (Lipinski definition) is 3. The average Bonchev–Trinajstić information content (AvgIpc) is 2.89. The van der Waals surface area contributed by atoms with E-state index in [4.69, 9.17) is 4.74 Å². The molecule has 2 atom stereocenters. The van der Waals surface area contributed by atoms with E-state index in [1.165, 1.54) is 36.4 Å². The number of carbonyl (C=O) groups excluding carboxylic acids is 1. The molecule has 0 spiro atoms. The molecule has 0 bridgehead atoms. The molecule has 0 amide bonds. The van der Waals surface area contributed by atoms with Gasteiger partial charge in [-0.3, -0.25) is 4.79 Å². The van der Waals surface area contributed by atoms with Gasteiger partial charge in [0.15, 0.2) is 5.78 Å². The van der Waals surface area contributed by atoms with Crippen molar-refractivity contribution in [2.24, 2.45) is 5.92 Å². The van der Waals surface area contributed by atoms with Crippen LogP contribution in [0.3, 0.4) is 0 Å². The zero-order chi connectivity index (χ0) is 24.9. The lowest BCUT2D eigenvalue weighted by Crippen LogP contribution is -2.50. The predicted octanol–water partition coefficient (Wildman–Crippen LogP) is 7.38. The van der Waals surface area contributed by atoms with E-state index < -0.39 is 0 Å². The largest absolute Gasteiger partial charge is 0.489 e. The number of rotatable bonds is 9. The van der Waals surface area contributed by atoms with Crippen molar-refractivity contribution >= 4 is 11.5 Å². The van der Waals surface area contributed by atoms with Crippen molar-refractivity contribution < 1.29 is 18.3 Å². The van der Waals surface area contributed by atoms with Crippen LogP contribution in [-0.4, -0.2) is 12.3 Å². The summed E-state index contributed by atoms with van der Waals surface area (Å²) in [5.41, 5.74) is 3.71. The Bertz CT molecular complexity index is 1290. The molecule has 3 nitrogen and oxygen atoms in total. The monoisotopic (exact) mass is 483 g/mol. The van der Waals surface area contributed by atoms with Crippen LogP contribution in [0.4, 0.5) is 14.5 Å². The third-order valence-corrected chi connectivity index (χ3v) is 6.75. The van der Waals surface area contributed by atoms with Crippen LogP contribution in [0.1, 0.15) is 40.4 Å². The molecule has 1 aliphatic rings. The van der Waals surface area contributed by atoms with E-state index >= 15 is 0 Å². The molecule has 4 aromatic rings. The number of ether oxygens (including phenoxy) is 1. The topological polar surface area (TPSA) is 29.5 Å². The normalized spacial score (nSPS) is 16.9. The summed E-state index contributed by atoms with van der Waals surface area (Å²) >= 11 is 0. The molecular weight excluding hydrogens is 456 g/mol. The van der Waals surface area contributed by atoms with Gasteiger partial charge < -0.3 is 9.64 Å². The van der Waals surface area contributed by atoms with Crippen LogP contribution in [0.2, 0.25) is 0 Å². The van der Waals surface area contributed by atoms with Crippen molar-refractivity contribution in [3.05, 3.63) is 131 Å². The first-order valence-electron chi connectivity index (χ1n) is 12.1. The van der Waals surface area contributed by atoms with Crippen molar-refractivity contribution in [1.29, 1.82) is 0 Å². The lowest BCUT2D eigenvalue weighted by atomic mass is 9.79. The number of ketones is 1. The third-order valence-electron chi connectivity index (χ3n) is 6.75. The molecule has 4 aromatic carbocycles. The second-order valence-corrected chi connectivity index (χ2v) is 9.15. The van der Waals surface area contributed by atoms with Gasteiger partial charge in [0.1, 0.15) is 24.0 Å². The first-order valence-corrected chi connectivity index (χ1v) is 12.1. The molecule has 5 rings (SSSR count). The molecule has 0 unspecified atom stereocenters. The number of hydrogen-bond donors (Lipinski definition) is 0. The Balaban J connectivity index is 1.29. The molecule has 0 radical (unpaired) electrons. The van der Waals surface area contributed by atoms with E-state index in [9.17, 15) is 13.6 Å². The lowest BCUT2D eigenvalue weighted by Gasteiger charge is -2.50. The second-order valence-electron chi connectivity index (χ2n) is 9.15. The summed E-state index contributed by atoms with van der Waals surface area (Å²) in [6, 6.07) is 30.4. The van der Waals surface area contributed by atoms with Gasteiger partial charge >= 0.3 is 0 Å². The molecule has 0 aliphatic carbocycles. The van der Waals surface area contributed by atoms with Crippen molar-refractivity contribution in [3.8, 4) is 5.75 Å². The molecule has 1 fully saturated rings. The number of benzene rings is 4. The summed E-state index contributed by atoms with van der Waals surface area (Å²) in [5.74, 6) is 0.446. The Labute approximate surface area is 210 Å². The van der Waals surface area contributed by atoms with E-state index in [2.05, 4.69) is 17.0 Å². The van der Waals surface area contributed by atoms with Gasteiger partial charge in [-0.1, -0.05) is 42.5 Å². The fraction of sp³-hybridized carbons (Fsp3) is 0.194. The van der Waals surface area contributed by atoms with Gasteiger partial charge in [0.2, 0.25) is 0 Å². The summed E-state index contributed by atoms with van der Waals surface area (Å²) in [4.78, 5) is 14.9. The number of nitrogens with zero attached hydrogens (tertiary/aromatic N) is 1.